The summed E-state index contributed by atoms with van der Waals surface area (Å²) in [5.74, 6) is 1.57. The van der Waals surface area contributed by atoms with Crippen molar-refractivity contribution >= 4 is 0 Å². The summed E-state index contributed by atoms with van der Waals surface area (Å²) >= 11 is 0. The van der Waals surface area contributed by atoms with E-state index in [9.17, 15) is 0 Å². The third-order valence-corrected chi connectivity index (χ3v) is 3.50. The van der Waals surface area contributed by atoms with E-state index in [1.54, 1.807) is 12.4 Å². The van der Waals surface area contributed by atoms with E-state index in [2.05, 4.69) is 39.1 Å². The second-order valence-electron chi connectivity index (χ2n) is 5.42. The molecular formula is C16H23N5. The highest BCUT2D eigenvalue weighted by atomic mass is 15.0. The minimum absolute atomic E-state index is 0.387. The summed E-state index contributed by atoms with van der Waals surface area (Å²) in [6, 6.07) is 0. The van der Waals surface area contributed by atoms with Gasteiger partial charge in [0.25, 0.3) is 0 Å². The number of nitrogens with zero attached hydrogens (tertiary/aromatic N) is 4. The summed E-state index contributed by atoms with van der Waals surface area (Å²) < 4.78 is 0. The fourth-order valence-corrected chi connectivity index (χ4v) is 2.51. The summed E-state index contributed by atoms with van der Waals surface area (Å²) in [6.45, 7) is 12.2. The van der Waals surface area contributed by atoms with Crippen LogP contribution in [0.4, 0.5) is 0 Å². The first-order chi connectivity index (χ1) is 10.0. The maximum absolute atomic E-state index is 4.60. The molecule has 1 atom stereocenters. The highest BCUT2D eigenvalue weighted by Gasteiger charge is 2.16. The third-order valence-electron chi connectivity index (χ3n) is 3.50. The highest BCUT2D eigenvalue weighted by molar-refractivity contribution is 5.45. The number of likely N-dealkylation sites (N-methyl/N-ethyl adjacent to an activating group) is 1. The van der Waals surface area contributed by atoms with Gasteiger partial charge in [0.2, 0.25) is 0 Å². The van der Waals surface area contributed by atoms with Gasteiger partial charge in [0.15, 0.2) is 11.6 Å². The molecule has 112 valence electrons. The van der Waals surface area contributed by atoms with Crippen molar-refractivity contribution in [1.29, 1.82) is 0 Å². The molecule has 2 aromatic rings. The van der Waals surface area contributed by atoms with Gasteiger partial charge in [0.1, 0.15) is 0 Å². The summed E-state index contributed by atoms with van der Waals surface area (Å²) in [4.78, 5) is 17.8. The number of rotatable bonds is 5. The molecule has 0 aromatic carbocycles. The lowest BCUT2D eigenvalue weighted by Gasteiger charge is -2.17. The van der Waals surface area contributed by atoms with E-state index in [-0.39, 0.29) is 0 Å². The summed E-state index contributed by atoms with van der Waals surface area (Å²) in [5.41, 5.74) is 4.26. The molecule has 5 nitrogen and oxygen atoms in total. The van der Waals surface area contributed by atoms with Gasteiger partial charge in [-0.2, -0.15) is 0 Å². The molecule has 5 heteroatoms. The zero-order valence-electron chi connectivity index (χ0n) is 13.4. The lowest BCUT2D eigenvalue weighted by molar-refractivity contribution is 0.624. The van der Waals surface area contributed by atoms with Crippen LogP contribution in [-0.4, -0.2) is 33.0 Å². The molecule has 0 saturated carbocycles. The molecule has 0 amide bonds. The molecule has 0 bridgehead atoms. The Kier molecular flexibility index (Phi) is 4.96. The number of hydrogen-bond acceptors (Lipinski definition) is 5. The van der Waals surface area contributed by atoms with Crippen LogP contribution in [0.2, 0.25) is 0 Å². The molecule has 0 radical (unpaired) electrons. The maximum Gasteiger partial charge on any atom is 0.198 e. The topological polar surface area (TPSA) is 63.6 Å². The molecule has 1 N–H and O–H groups in total. The van der Waals surface area contributed by atoms with Crippen LogP contribution in [0.5, 0.6) is 0 Å². The van der Waals surface area contributed by atoms with Gasteiger partial charge in [-0.1, -0.05) is 13.8 Å². The largest absolute Gasteiger partial charge is 0.316 e. The van der Waals surface area contributed by atoms with Crippen molar-refractivity contribution in [3.05, 3.63) is 34.9 Å². The van der Waals surface area contributed by atoms with Crippen LogP contribution in [0.25, 0.3) is 11.6 Å². The monoisotopic (exact) mass is 285 g/mol. The Morgan fingerprint density at radius 2 is 1.57 bits per heavy atom. The van der Waals surface area contributed by atoms with E-state index in [0.717, 1.165) is 30.0 Å². The van der Waals surface area contributed by atoms with Gasteiger partial charge in [-0.3, -0.25) is 0 Å². The van der Waals surface area contributed by atoms with E-state index in [1.165, 1.54) is 5.56 Å². The van der Waals surface area contributed by atoms with Gasteiger partial charge in [-0.15, -0.1) is 0 Å². The van der Waals surface area contributed by atoms with Crippen LogP contribution in [0.1, 0.15) is 42.3 Å². The Labute approximate surface area is 126 Å². The van der Waals surface area contributed by atoms with E-state index >= 15 is 0 Å². The van der Waals surface area contributed by atoms with Gasteiger partial charge >= 0.3 is 0 Å². The summed E-state index contributed by atoms with van der Waals surface area (Å²) in [6.07, 6.45) is 3.58. The fraction of sp³-hybridized carbons (Fsp3) is 0.500. The van der Waals surface area contributed by atoms with Crippen LogP contribution in [-0.2, 0) is 0 Å². The lowest BCUT2D eigenvalue weighted by atomic mass is 9.98. The van der Waals surface area contributed by atoms with Crippen molar-refractivity contribution in [2.24, 2.45) is 0 Å². The standard InChI is InChI=1S/C16H23N5/c1-6-17-9-11(3)14-12(4)20-16(21-13(14)5)15-18-7-10(2)8-19-15/h7-8,11,17H,6,9H2,1-5H3. The molecular weight excluding hydrogens is 262 g/mol. The minimum Gasteiger partial charge on any atom is -0.316 e. The van der Waals surface area contributed by atoms with Gasteiger partial charge in [-0.05, 0) is 44.4 Å². The van der Waals surface area contributed by atoms with Crippen molar-refractivity contribution < 1.29 is 0 Å². The van der Waals surface area contributed by atoms with Crippen molar-refractivity contribution in [3.8, 4) is 11.6 Å². The van der Waals surface area contributed by atoms with Gasteiger partial charge in [0, 0.05) is 30.3 Å². The zero-order chi connectivity index (χ0) is 15.4. The number of hydrogen-bond donors (Lipinski definition) is 1. The second-order valence-corrected chi connectivity index (χ2v) is 5.42. The van der Waals surface area contributed by atoms with Gasteiger partial charge in [-0.25, -0.2) is 19.9 Å². The fourth-order valence-electron chi connectivity index (χ4n) is 2.51. The van der Waals surface area contributed by atoms with E-state index in [0.29, 0.717) is 17.6 Å². The normalized spacial score (nSPS) is 12.4. The molecule has 2 rings (SSSR count). The molecule has 0 fully saturated rings. The Balaban J connectivity index is 2.34. The first kappa shape index (κ1) is 15.5. The first-order valence-electron chi connectivity index (χ1n) is 7.37. The predicted octanol–water partition coefficient (Wildman–Crippen LogP) is 2.57. The molecule has 0 aliphatic rings. The average Bonchev–Trinajstić information content (AvgIpc) is 2.45. The van der Waals surface area contributed by atoms with Crippen molar-refractivity contribution in [3.63, 3.8) is 0 Å². The Bertz CT molecular complexity index is 584. The highest BCUT2D eigenvalue weighted by Crippen LogP contribution is 2.23. The van der Waals surface area contributed by atoms with Crippen molar-refractivity contribution in [2.75, 3.05) is 13.1 Å². The van der Waals surface area contributed by atoms with E-state index in [1.807, 2.05) is 20.8 Å². The van der Waals surface area contributed by atoms with E-state index in [4.69, 9.17) is 0 Å². The summed E-state index contributed by atoms with van der Waals surface area (Å²) in [7, 11) is 0. The molecule has 21 heavy (non-hydrogen) atoms. The second kappa shape index (κ2) is 6.72. The molecule has 2 aromatic heterocycles. The van der Waals surface area contributed by atoms with Gasteiger partial charge in [0.05, 0.1) is 0 Å². The van der Waals surface area contributed by atoms with Gasteiger partial charge < -0.3 is 5.32 Å². The van der Waals surface area contributed by atoms with Crippen LogP contribution in [0.15, 0.2) is 12.4 Å². The number of aryl methyl sites for hydroxylation is 3. The SMILES string of the molecule is CCNCC(C)c1c(C)nc(-c2ncc(C)cn2)nc1C. The van der Waals surface area contributed by atoms with Crippen molar-refractivity contribution in [2.45, 2.75) is 40.5 Å². The molecule has 0 aliphatic carbocycles. The van der Waals surface area contributed by atoms with Crippen LogP contribution >= 0.6 is 0 Å². The Morgan fingerprint density at radius 1 is 1.00 bits per heavy atom. The van der Waals surface area contributed by atoms with E-state index < -0.39 is 0 Å². The summed E-state index contributed by atoms with van der Waals surface area (Å²) in [5, 5.41) is 3.37. The Hall–Kier alpha value is -1.88. The zero-order valence-corrected chi connectivity index (χ0v) is 13.4. The minimum atomic E-state index is 0.387. The first-order valence-corrected chi connectivity index (χ1v) is 7.37. The molecule has 0 aliphatic heterocycles. The van der Waals surface area contributed by atoms with Crippen LogP contribution < -0.4 is 5.32 Å². The Morgan fingerprint density at radius 3 is 2.10 bits per heavy atom. The lowest BCUT2D eigenvalue weighted by Crippen LogP contribution is -2.21. The molecule has 2 heterocycles. The van der Waals surface area contributed by atoms with Crippen LogP contribution in [0.3, 0.4) is 0 Å². The molecule has 0 saturated heterocycles. The molecule has 0 spiro atoms. The number of nitrogens with one attached hydrogen (secondary N) is 1. The third kappa shape index (κ3) is 3.61. The number of aromatic nitrogens is 4. The molecule has 1 unspecified atom stereocenters. The maximum atomic E-state index is 4.60. The smallest absolute Gasteiger partial charge is 0.198 e. The quantitative estimate of drug-likeness (QED) is 0.914. The predicted molar refractivity (Wildman–Crippen MR) is 84.2 cm³/mol. The van der Waals surface area contributed by atoms with Crippen molar-refractivity contribution in [1.82, 2.24) is 25.3 Å². The van der Waals surface area contributed by atoms with Crippen LogP contribution in [0, 0.1) is 20.8 Å². The average molecular weight is 285 g/mol.